The van der Waals surface area contributed by atoms with Crippen molar-refractivity contribution >= 4 is 23.1 Å². The lowest BCUT2D eigenvalue weighted by Crippen LogP contribution is -2.15. The molecule has 3 N–H and O–H groups in total. The van der Waals surface area contributed by atoms with E-state index in [0.29, 0.717) is 0 Å². The molecule has 0 saturated carbocycles. The summed E-state index contributed by atoms with van der Waals surface area (Å²) in [6.45, 7) is 3.52. The minimum Gasteiger partial charge on any atom is -0.379 e. The molecule has 0 spiro atoms. The molecule has 9 nitrogen and oxygen atoms in total. The second-order valence-electron chi connectivity index (χ2n) is 4.16. The van der Waals surface area contributed by atoms with E-state index in [4.69, 9.17) is 5.73 Å². The van der Waals surface area contributed by atoms with Gasteiger partial charge in [0.15, 0.2) is 0 Å². The number of nitrogens with two attached hydrogens (primary N) is 1. The number of nitrogen functional groups attached to an aromatic ring is 1. The first-order valence-corrected chi connectivity index (χ1v) is 5.55. The zero-order valence-corrected chi connectivity index (χ0v) is 10.7. The first-order valence-electron chi connectivity index (χ1n) is 5.55. The number of nitrogens with one attached hydrogen (secondary N) is 1. The summed E-state index contributed by atoms with van der Waals surface area (Å²) < 4.78 is 4.30. The van der Waals surface area contributed by atoms with Crippen LogP contribution in [0.3, 0.4) is 0 Å². The van der Waals surface area contributed by atoms with Crippen LogP contribution in [0, 0.1) is 24.0 Å². The predicted octanol–water partition coefficient (Wildman–Crippen LogP) is 1.43. The average molecular weight is 277 g/mol. The largest absolute Gasteiger partial charge is 0.379 e. The van der Waals surface area contributed by atoms with Gasteiger partial charge in [-0.05, 0) is 41.4 Å². The van der Waals surface area contributed by atoms with E-state index >= 15 is 0 Å². The van der Waals surface area contributed by atoms with Crippen LogP contribution in [-0.2, 0) is 0 Å². The number of carbonyl (C=O) groups is 1. The second kappa shape index (κ2) is 4.96. The zero-order valence-electron chi connectivity index (χ0n) is 10.7. The molecule has 0 unspecified atom stereocenters. The maximum absolute atomic E-state index is 11.9. The number of anilines is 2. The summed E-state index contributed by atoms with van der Waals surface area (Å²) in [6.07, 6.45) is 0. The normalized spacial score (nSPS) is 10.3. The minimum atomic E-state index is -0.727. The van der Waals surface area contributed by atoms with Gasteiger partial charge in [-0.25, -0.2) is 4.63 Å². The number of hydrogen-bond acceptors (Lipinski definition) is 7. The quantitative estimate of drug-likeness (QED) is 0.639. The lowest BCUT2D eigenvalue weighted by atomic mass is 10.1. The van der Waals surface area contributed by atoms with E-state index in [1.54, 1.807) is 13.8 Å². The van der Waals surface area contributed by atoms with Gasteiger partial charge in [0.1, 0.15) is 5.69 Å². The predicted molar refractivity (Wildman–Crippen MR) is 69.2 cm³/mol. The minimum absolute atomic E-state index is 0.0606. The highest BCUT2D eigenvalue weighted by Crippen LogP contribution is 2.28. The number of nitro groups is 1. The van der Waals surface area contributed by atoms with Gasteiger partial charge < -0.3 is 11.1 Å². The Labute approximate surface area is 112 Å². The Morgan fingerprint density at radius 2 is 2.00 bits per heavy atom. The first kappa shape index (κ1) is 13.5. The number of aromatic nitrogens is 2. The van der Waals surface area contributed by atoms with E-state index in [9.17, 15) is 14.9 Å². The Morgan fingerprint density at radius 3 is 2.55 bits per heavy atom. The van der Waals surface area contributed by atoms with Gasteiger partial charge >= 0.3 is 0 Å². The molecule has 2 rings (SSSR count). The molecule has 0 fully saturated rings. The molecule has 1 heterocycles. The number of rotatable bonds is 3. The van der Waals surface area contributed by atoms with Gasteiger partial charge in [-0.3, -0.25) is 14.9 Å². The molecule has 0 aliphatic heterocycles. The fraction of sp³-hybridized carbons (Fsp3) is 0.182. The fourth-order valence-corrected chi connectivity index (χ4v) is 1.59. The van der Waals surface area contributed by atoms with Crippen molar-refractivity contribution in [2.75, 3.05) is 11.1 Å². The van der Waals surface area contributed by atoms with Crippen molar-refractivity contribution in [3.8, 4) is 0 Å². The van der Waals surface area contributed by atoms with Gasteiger partial charge in [-0.1, -0.05) is 0 Å². The van der Waals surface area contributed by atoms with Gasteiger partial charge in [0.2, 0.25) is 11.5 Å². The standard InChI is InChI=1S/C11H11N5O4/c1-5-3-7(8(16(18)19)4-6(5)2)13-11(17)9-10(12)15-20-14-9/h3-4H,1-2H3,(H2,12,15)(H,13,17). The van der Waals surface area contributed by atoms with Crippen molar-refractivity contribution in [1.29, 1.82) is 0 Å². The molecular formula is C11H11N5O4. The molecule has 104 valence electrons. The number of amides is 1. The molecule has 0 aliphatic carbocycles. The van der Waals surface area contributed by atoms with Crippen molar-refractivity contribution < 1.29 is 14.3 Å². The lowest BCUT2D eigenvalue weighted by molar-refractivity contribution is -0.384. The van der Waals surface area contributed by atoms with Gasteiger partial charge in [0.25, 0.3) is 11.6 Å². The summed E-state index contributed by atoms with van der Waals surface area (Å²) in [7, 11) is 0. The summed E-state index contributed by atoms with van der Waals surface area (Å²) in [4.78, 5) is 22.3. The van der Waals surface area contributed by atoms with Crippen LogP contribution in [0.1, 0.15) is 21.6 Å². The molecule has 0 radical (unpaired) electrons. The van der Waals surface area contributed by atoms with Crippen LogP contribution in [0.4, 0.5) is 17.2 Å². The van der Waals surface area contributed by atoms with Crippen LogP contribution in [-0.4, -0.2) is 21.1 Å². The fourth-order valence-electron chi connectivity index (χ4n) is 1.59. The van der Waals surface area contributed by atoms with Crippen LogP contribution in [0.15, 0.2) is 16.8 Å². The molecule has 1 amide bonds. The molecule has 0 bridgehead atoms. The highest BCUT2D eigenvalue weighted by Gasteiger charge is 2.21. The third-order valence-electron chi connectivity index (χ3n) is 2.79. The number of hydrogen-bond donors (Lipinski definition) is 2. The van der Waals surface area contributed by atoms with Crippen molar-refractivity contribution in [3.63, 3.8) is 0 Å². The Hall–Kier alpha value is -2.97. The number of benzene rings is 1. The van der Waals surface area contributed by atoms with Crippen LogP contribution < -0.4 is 11.1 Å². The molecule has 0 saturated heterocycles. The Bertz CT molecular complexity index is 694. The molecular weight excluding hydrogens is 266 g/mol. The van der Waals surface area contributed by atoms with E-state index in [-0.39, 0.29) is 22.9 Å². The smallest absolute Gasteiger partial charge is 0.293 e. The Kier molecular flexibility index (Phi) is 3.34. The maximum atomic E-state index is 11.9. The molecule has 1 aromatic heterocycles. The van der Waals surface area contributed by atoms with Gasteiger partial charge in [-0.15, -0.1) is 0 Å². The summed E-state index contributed by atoms with van der Waals surface area (Å²) in [5.74, 6) is -0.913. The molecule has 9 heteroatoms. The summed E-state index contributed by atoms with van der Waals surface area (Å²) >= 11 is 0. The summed E-state index contributed by atoms with van der Waals surface area (Å²) in [5.41, 5.74) is 6.56. The summed E-state index contributed by atoms with van der Waals surface area (Å²) in [5, 5.41) is 20.0. The third kappa shape index (κ3) is 2.41. The first-order chi connectivity index (χ1) is 9.40. The molecule has 2 aromatic rings. The number of nitro benzene ring substituents is 1. The van der Waals surface area contributed by atoms with Crippen LogP contribution in [0.25, 0.3) is 0 Å². The van der Waals surface area contributed by atoms with E-state index in [2.05, 4.69) is 20.3 Å². The maximum Gasteiger partial charge on any atom is 0.293 e. The van der Waals surface area contributed by atoms with Crippen molar-refractivity contribution in [2.24, 2.45) is 0 Å². The van der Waals surface area contributed by atoms with E-state index in [0.717, 1.165) is 11.1 Å². The number of nitrogens with zero attached hydrogens (tertiary/aromatic N) is 3. The Balaban J connectivity index is 2.38. The average Bonchev–Trinajstić information content (AvgIpc) is 2.79. The van der Waals surface area contributed by atoms with Crippen molar-refractivity contribution in [1.82, 2.24) is 10.3 Å². The molecule has 20 heavy (non-hydrogen) atoms. The highest BCUT2D eigenvalue weighted by atomic mass is 16.6. The van der Waals surface area contributed by atoms with Crippen LogP contribution in [0.2, 0.25) is 0 Å². The topological polar surface area (TPSA) is 137 Å². The van der Waals surface area contributed by atoms with Crippen LogP contribution in [0.5, 0.6) is 0 Å². The Morgan fingerprint density at radius 1 is 1.35 bits per heavy atom. The number of aryl methyl sites for hydroxylation is 2. The molecule has 0 aliphatic rings. The van der Waals surface area contributed by atoms with Crippen molar-refractivity contribution in [3.05, 3.63) is 39.1 Å². The van der Waals surface area contributed by atoms with Gasteiger partial charge in [0.05, 0.1) is 4.92 Å². The monoisotopic (exact) mass is 277 g/mol. The van der Waals surface area contributed by atoms with Gasteiger partial charge in [0, 0.05) is 6.07 Å². The lowest BCUT2D eigenvalue weighted by Gasteiger charge is -2.07. The van der Waals surface area contributed by atoms with E-state index in [1.165, 1.54) is 12.1 Å². The van der Waals surface area contributed by atoms with E-state index < -0.39 is 10.8 Å². The highest BCUT2D eigenvalue weighted by molar-refractivity contribution is 6.06. The van der Waals surface area contributed by atoms with E-state index in [1.807, 2.05) is 0 Å². The second-order valence-corrected chi connectivity index (χ2v) is 4.16. The summed E-state index contributed by atoms with van der Waals surface area (Å²) in [6, 6.07) is 2.89. The van der Waals surface area contributed by atoms with Crippen LogP contribution >= 0.6 is 0 Å². The molecule has 0 atom stereocenters. The number of carbonyl (C=O) groups excluding carboxylic acids is 1. The molecule has 1 aromatic carbocycles. The van der Waals surface area contributed by atoms with Crippen molar-refractivity contribution in [2.45, 2.75) is 13.8 Å². The zero-order chi connectivity index (χ0) is 14.9. The SMILES string of the molecule is Cc1cc(NC(=O)c2nonc2N)c([N+](=O)[O-])cc1C. The third-order valence-corrected chi connectivity index (χ3v) is 2.79. The van der Waals surface area contributed by atoms with Gasteiger partial charge in [-0.2, -0.15) is 0 Å².